The van der Waals surface area contributed by atoms with Gasteiger partial charge in [-0.3, -0.25) is 5.32 Å². The molecule has 142 valence electrons. The smallest absolute Gasteiger partial charge is 0.416 e. The predicted octanol–water partition coefficient (Wildman–Crippen LogP) is 5.51. The second-order valence-corrected chi connectivity index (χ2v) is 5.99. The van der Waals surface area contributed by atoms with Crippen molar-refractivity contribution in [1.82, 2.24) is 5.32 Å². The van der Waals surface area contributed by atoms with Crippen molar-refractivity contribution < 1.29 is 26.7 Å². The van der Waals surface area contributed by atoms with Crippen LogP contribution in [0.1, 0.15) is 11.1 Å². The molecule has 0 radical (unpaired) electrons. The molecule has 0 bridgehead atoms. The Morgan fingerprint density at radius 3 is 2.33 bits per heavy atom. The van der Waals surface area contributed by atoms with Gasteiger partial charge in [0.15, 0.2) is 34.5 Å². The molecule has 0 aliphatic heterocycles. The number of amidine groups is 1. The summed E-state index contributed by atoms with van der Waals surface area (Å²) in [5.41, 5.74) is -0.581. The minimum absolute atomic E-state index is 0.0931. The monoisotopic (exact) mass is 401 g/mol. The van der Waals surface area contributed by atoms with E-state index < -0.39 is 29.1 Å². The quantitative estimate of drug-likeness (QED) is 0.242. The Balaban J connectivity index is 2.48. The summed E-state index contributed by atoms with van der Waals surface area (Å²) in [5, 5.41) is 11.2. The Kier molecular flexibility index (Phi) is 6.28. The molecule has 0 aliphatic carbocycles. The van der Waals surface area contributed by atoms with E-state index in [0.29, 0.717) is 0 Å². The molecule has 10 heteroatoms. The number of ether oxygens (including phenoxy) is 1. The van der Waals surface area contributed by atoms with E-state index in [9.17, 15) is 22.0 Å². The number of aryl methyl sites for hydroxylation is 1. The number of rotatable bonds is 3. The van der Waals surface area contributed by atoms with Crippen LogP contribution < -0.4 is 10.1 Å². The first-order valence-corrected chi connectivity index (χ1v) is 8.50. The molecule has 0 atom stereocenters. The van der Waals surface area contributed by atoms with E-state index in [0.717, 1.165) is 17.3 Å². The number of nitrogens with one attached hydrogen (secondary N) is 1. The first-order chi connectivity index (χ1) is 12.7. The first kappa shape index (κ1) is 20.5. The van der Waals surface area contributed by atoms with Crippen molar-refractivity contribution in [2.24, 2.45) is 4.99 Å². The van der Waals surface area contributed by atoms with Gasteiger partial charge in [0.25, 0.3) is 0 Å². The second-order valence-electron chi connectivity index (χ2n) is 5.20. The zero-order valence-electron chi connectivity index (χ0n) is 14.0. The van der Waals surface area contributed by atoms with Gasteiger partial charge in [-0.05, 0) is 43.0 Å². The highest BCUT2D eigenvalue weighted by molar-refractivity contribution is 8.13. The Morgan fingerprint density at radius 1 is 1.19 bits per heavy atom. The number of nitrogens with zero attached hydrogens (tertiary/aromatic N) is 2. The predicted molar refractivity (Wildman–Crippen MR) is 92.0 cm³/mol. The van der Waals surface area contributed by atoms with E-state index >= 15 is 0 Å². The molecule has 0 fully saturated rings. The van der Waals surface area contributed by atoms with Crippen molar-refractivity contribution in [3.05, 3.63) is 53.1 Å². The third kappa shape index (κ3) is 5.10. The molecule has 4 nitrogen and oxygen atoms in total. The standard InChI is InChI=1S/C17H12F5N3OS/c1-9-3-4-14(13(5-9)25-16(27-2)24-8-23)26-15-11(18)6-10(7-12(15)19)17(20,21)22/h3-7H,1-2H3,(H,24,25). The fourth-order valence-electron chi connectivity index (χ4n) is 2.01. The normalized spacial score (nSPS) is 11.9. The molecular formula is C17H12F5N3OS. The van der Waals surface area contributed by atoms with Gasteiger partial charge >= 0.3 is 6.18 Å². The number of benzene rings is 2. The number of halogens is 5. The van der Waals surface area contributed by atoms with Crippen LogP contribution in [-0.2, 0) is 6.18 Å². The number of nitriles is 1. The Morgan fingerprint density at radius 2 is 1.81 bits per heavy atom. The van der Waals surface area contributed by atoms with Crippen LogP contribution in [0.3, 0.4) is 0 Å². The van der Waals surface area contributed by atoms with Crippen molar-refractivity contribution >= 4 is 22.6 Å². The summed E-state index contributed by atoms with van der Waals surface area (Å²) in [7, 11) is 0. The average molecular weight is 401 g/mol. The zero-order chi connectivity index (χ0) is 20.2. The lowest BCUT2D eigenvalue weighted by atomic mass is 10.2. The van der Waals surface area contributed by atoms with Gasteiger partial charge in [0.1, 0.15) is 5.69 Å². The highest BCUT2D eigenvalue weighted by atomic mass is 32.2. The number of aliphatic imine (C=N–C) groups is 1. The third-order valence-electron chi connectivity index (χ3n) is 3.23. The molecule has 1 N–H and O–H groups in total. The van der Waals surface area contributed by atoms with Crippen molar-refractivity contribution in [3.63, 3.8) is 0 Å². The maximum atomic E-state index is 14.0. The topological polar surface area (TPSA) is 57.4 Å². The molecule has 0 aliphatic rings. The van der Waals surface area contributed by atoms with Crippen LogP contribution in [0.15, 0.2) is 35.3 Å². The van der Waals surface area contributed by atoms with Crippen LogP contribution in [0.25, 0.3) is 0 Å². The summed E-state index contributed by atoms with van der Waals surface area (Å²) in [4.78, 5) is 4.14. The fourth-order valence-corrected chi connectivity index (χ4v) is 2.35. The summed E-state index contributed by atoms with van der Waals surface area (Å²) in [5.74, 6) is -4.08. The summed E-state index contributed by atoms with van der Waals surface area (Å²) < 4.78 is 71.2. The minimum Gasteiger partial charge on any atom is -0.449 e. The minimum atomic E-state index is -4.89. The average Bonchev–Trinajstić information content (AvgIpc) is 2.58. The summed E-state index contributed by atoms with van der Waals surface area (Å²) in [6.07, 6.45) is -1.55. The number of hydrogen-bond acceptors (Lipinski definition) is 4. The van der Waals surface area contributed by atoms with E-state index in [1.54, 1.807) is 25.4 Å². The SMILES string of the molecule is CSC(=Nc1cc(C)ccc1Oc1c(F)cc(C(F)(F)F)cc1F)NC#N. The summed E-state index contributed by atoms with van der Waals surface area (Å²) in [6.45, 7) is 1.73. The van der Waals surface area contributed by atoms with Crippen molar-refractivity contribution in [2.75, 3.05) is 6.26 Å². The molecule has 2 aromatic carbocycles. The molecule has 2 aromatic rings. The maximum absolute atomic E-state index is 14.0. The van der Waals surface area contributed by atoms with Crippen molar-refractivity contribution in [3.8, 4) is 17.7 Å². The van der Waals surface area contributed by atoms with Crippen LogP contribution in [0.5, 0.6) is 11.5 Å². The van der Waals surface area contributed by atoms with Gasteiger partial charge in [0.05, 0.1) is 5.56 Å². The van der Waals surface area contributed by atoms with Gasteiger partial charge in [-0.25, -0.2) is 13.8 Å². The number of alkyl halides is 3. The van der Waals surface area contributed by atoms with E-state index in [-0.39, 0.29) is 28.7 Å². The maximum Gasteiger partial charge on any atom is 0.416 e. The van der Waals surface area contributed by atoms with Gasteiger partial charge in [-0.2, -0.15) is 18.4 Å². The molecule has 0 aromatic heterocycles. The molecule has 2 rings (SSSR count). The van der Waals surface area contributed by atoms with Crippen molar-refractivity contribution in [1.29, 1.82) is 5.26 Å². The Hall–Kier alpha value is -2.80. The number of hydrogen-bond donors (Lipinski definition) is 1. The highest BCUT2D eigenvalue weighted by Gasteiger charge is 2.33. The van der Waals surface area contributed by atoms with Gasteiger partial charge in [0, 0.05) is 0 Å². The van der Waals surface area contributed by atoms with Gasteiger partial charge in [-0.15, -0.1) is 0 Å². The largest absolute Gasteiger partial charge is 0.449 e. The molecule has 0 amide bonds. The van der Waals surface area contributed by atoms with Crippen LogP contribution in [-0.4, -0.2) is 11.4 Å². The Bertz CT molecular complexity index is 899. The van der Waals surface area contributed by atoms with E-state index in [4.69, 9.17) is 10.00 Å². The zero-order valence-corrected chi connectivity index (χ0v) is 14.8. The van der Waals surface area contributed by atoms with E-state index in [1.165, 1.54) is 12.1 Å². The van der Waals surface area contributed by atoms with Crippen LogP contribution >= 0.6 is 11.8 Å². The third-order valence-corrected chi connectivity index (χ3v) is 3.81. The van der Waals surface area contributed by atoms with Crippen LogP contribution in [0.2, 0.25) is 0 Å². The number of thioether (sulfide) groups is 1. The second kappa shape index (κ2) is 8.26. The van der Waals surface area contributed by atoms with Crippen LogP contribution in [0, 0.1) is 30.0 Å². The van der Waals surface area contributed by atoms with Gasteiger partial charge in [-0.1, -0.05) is 17.8 Å². The van der Waals surface area contributed by atoms with E-state index in [2.05, 4.69) is 10.3 Å². The fraction of sp³-hybridized carbons (Fsp3) is 0.176. The van der Waals surface area contributed by atoms with Crippen molar-refractivity contribution in [2.45, 2.75) is 13.1 Å². The molecule has 0 spiro atoms. The van der Waals surface area contributed by atoms with Gasteiger partial charge in [0.2, 0.25) is 0 Å². The Labute approximate surface area is 155 Å². The lowest BCUT2D eigenvalue weighted by Gasteiger charge is -2.13. The highest BCUT2D eigenvalue weighted by Crippen LogP contribution is 2.38. The van der Waals surface area contributed by atoms with E-state index in [1.807, 2.05) is 0 Å². The molecule has 0 saturated heterocycles. The summed E-state index contributed by atoms with van der Waals surface area (Å²) >= 11 is 1.11. The van der Waals surface area contributed by atoms with Gasteiger partial charge < -0.3 is 4.74 Å². The molecule has 0 saturated carbocycles. The lowest BCUT2D eigenvalue weighted by Crippen LogP contribution is -2.12. The molecule has 0 heterocycles. The molecule has 0 unspecified atom stereocenters. The van der Waals surface area contributed by atoms with Crippen LogP contribution in [0.4, 0.5) is 27.6 Å². The molecular weight excluding hydrogens is 389 g/mol. The first-order valence-electron chi connectivity index (χ1n) is 7.28. The molecule has 27 heavy (non-hydrogen) atoms. The summed E-state index contributed by atoms with van der Waals surface area (Å²) in [6, 6.07) is 4.78. The lowest BCUT2D eigenvalue weighted by molar-refractivity contribution is -0.138.